The second kappa shape index (κ2) is 8.96. The smallest absolute Gasteiger partial charge is 0.306 e. The monoisotopic (exact) mass is 323 g/mol. The molecule has 0 rings (SSSR count). The Hall–Kier alpha value is -1.19. The molecule has 0 unspecified atom stereocenters. The van der Waals surface area contributed by atoms with Gasteiger partial charge in [-0.25, -0.2) is 0 Å². The zero-order valence-electron chi connectivity index (χ0n) is 13.3. The van der Waals surface area contributed by atoms with Crippen LogP contribution in [0, 0.1) is 0 Å². The first-order chi connectivity index (χ1) is 9.66. The Balaban J connectivity index is 4.92. The lowest BCUT2D eigenvalue weighted by atomic mass is 10.4. The minimum Gasteiger partial charge on any atom is -0.469 e. The molecule has 0 saturated carbocycles. The predicted molar refractivity (Wildman–Crippen MR) is 78.7 cm³/mol. The molecule has 21 heavy (non-hydrogen) atoms. The third kappa shape index (κ3) is 6.40. The molecule has 0 aliphatic rings. The molecule has 124 valence electrons. The van der Waals surface area contributed by atoms with Crippen molar-refractivity contribution in [3.8, 4) is 0 Å². The van der Waals surface area contributed by atoms with Crippen molar-refractivity contribution in [3.05, 3.63) is 0 Å². The van der Waals surface area contributed by atoms with Crippen LogP contribution in [0.1, 0.15) is 19.8 Å². The van der Waals surface area contributed by atoms with Crippen LogP contribution in [0.2, 0.25) is 0 Å². The van der Waals surface area contributed by atoms with Gasteiger partial charge in [0.15, 0.2) is 0 Å². The highest BCUT2D eigenvalue weighted by molar-refractivity contribution is 7.86. The van der Waals surface area contributed by atoms with Gasteiger partial charge >= 0.3 is 5.97 Å². The first-order valence-corrected chi connectivity index (χ1v) is 8.04. The quantitative estimate of drug-likeness (QED) is 0.535. The number of ether oxygens (including phenoxy) is 1. The lowest BCUT2D eigenvalue weighted by Crippen LogP contribution is -2.47. The molecule has 8 nitrogen and oxygen atoms in total. The lowest BCUT2D eigenvalue weighted by Gasteiger charge is -2.27. The number of hydrogen-bond donors (Lipinski definition) is 0. The zero-order valence-corrected chi connectivity index (χ0v) is 14.1. The molecular formula is C12H25N3O5S. The Morgan fingerprint density at radius 3 is 2.10 bits per heavy atom. The Labute approximate surface area is 126 Å². The number of esters is 1. The van der Waals surface area contributed by atoms with Gasteiger partial charge in [-0.3, -0.25) is 9.59 Å². The van der Waals surface area contributed by atoms with Crippen molar-refractivity contribution in [3.63, 3.8) is 0 Å². The van der Waals surface area contributed by atoms with E-state index in [1.165, 1.54) is 19.1 Å². The third-order valence-corrected chi connectivity index (χ3v) is 4.80. The Kier molecular flexibility index (Phi) is 8.45. The summed E-state index contributed by atoms with van der Waals surface area (Å²) >= 11 is 0. The van der Waals surface area contributed by atoms with Crippen LogP contribution >= 0.6 is 0 Å². The molecule has 0 atom stereocenters. The molecule has 0 fully saturated rings. The van der Waals surface area contributed by atoms with Crippen LogP contribution in [0.15, 0.2) is 0 Å². The summed E-state index contributed by atoms with van der Waals surface area (Å²) in [6.07, 6.45) is 0.554. The highest BCUT2D eigenvalue weighted by Crippen LogP contribution is 2.09. The molecule has 0 spiro atoms. The Morgan fingerprint density at radius 1 is 1.10 bits per heavy atom. The molecule has 0 radical (unpaired) electrons. The van der Waals surface area contributed by atoms with E-state index in [1.54, 1.807) is 14.1 Å². The van der Waals surface area contributed by atoms with Crippen molar-refractivity contribution in [1.29, 1.82) is 0 Å². The van der Waals surface area contributed by atoms with Crippen LogP contribution in [0.4, 0.5) is 0 Å². The summed E-state index contributed by atoms with van der Waals surface area (Å²) in [7, 11) is 1.98. The van der Waals surface area contributed by atoms with Crippen molar-refractivity contribution >= 4 is 22.1 Å². The second-order valence-corrected chi connectivity index (χ2v) is 6.81. The Bertz CT molecular complexity index is 450. The molecule has 0 aliphatic carbocycles. The topological polar surface area (TPSA) is 87.2 Å². The van der Waals surface area contributed by atoms with Crippen LogP contribution in [-0.2, 0) is 24.5 Å². The van der Waals surface area contributed by atoms with E-state index in [0.717, 1.165) is 8.61 Å². The maximum atomic E-state index is 12.4. The summed E-state index contributed by atoms with van der Waals surface area (Å²) in [5.74, 6) is -0.781. The van der Waals surface area contributed by atoms with Gasteiger partial charge in [-0.1, -0.05) is 6.92 Å². The predicted octanol–water partition coefficient (Wildman–Crippen LogP) is -0.474. The summed E-state index contributed by atoms with van der Waals surface area (Å²) in [5.41, 5.74) is 0. The van der Waals surface area contributed by atoms with E-state index in [0.29, 0.717) is 6.42 Å². The maximum absolute atomic E-state index is 12.4. The fourth-order valence-corrected chi connectivity index (χ4v) is 2.88. The largest absolute Gasteiger partial charge is 0.469 e. The van der Waals surface area contributed by atoms with Crippen molar-refractivity contribution < 1.29 is 22.7 Å². The van der Waals surface area contributed by atoms with Crippen LogP contribution in [0.25, 0.3) is 0 Å². The number of nitrogens with zero attached hydrogens (tertiary/aromatic N) is 3. The molecule has 0 saturated heterocycles. The molecule has 0 bridgehead atoms. The molecule has 0 aliphatic heterocycles. The summed E-state index contributed by atoms with van der Waals surface area (Å²) in [5, 5.41) is 0. The maximum Gasteiger partial charge on any atom is 0.306 e. The first kappa shape index (κ1) is 19.8. The van der Waals surface area contributed by atoms with E-state index < -0.39 is 16.2 Å². The van der Waals surface area contributed by atoms with Crippen LogP contribution < -0.4 is 0 Å². The van der Waals surface area contributed by atoms with Crippen molar-refractivity contribution in [2.45, 2.75) is 19.8 Å². The normalized spacial score (nSPS) is 11.8. The lowest BCUT2D eigenvalue weighted by molar-refractivity contribution is -0.140. The van der Waals surface area contributed by atoms with Gasteiger partial charge in [0, 0.05) is 34.2 Å². The molecule has 0 aromatic carbocycles. The molecule has 0 N–H and O–H groups in total. The average molecular weight is 323 g/mol. The fourth-order valence-electron chi connectivity index (χ4n) is 1.48. The van der Waals surface area contributed by atoms with E-state index in [1.807, 2.05) is 6.92 Å². The highest BCUT2D eigenvalue weighted by atomic mass is 32.2. The second-order valence-electron chi connectivity index (χ2n) is 4.78. The van der Waals surface area contributed by atoms with Gasteiger partial charge < -0.3 is 9.64 Å². The first-order valence-electron chi connectivity index (χ1n) is 6.65. The van der Waals surface area contributed by atoms with Gasteiger partial charge in [-0.2, -0.15) is 17.0 Å². The summed E-state index contributed by atoms with van der Waals surface area (Å²) in [6, 6.07) is 0. The van der Waals surface area contributed by atoms with Crippen LogP contribution in [-0.4, -0.2) is 81.7 Å². The minimum absolute atomic E-state index is 0.00533. The molecule has 9 heteroatoms. The molecule has 1 amide bonds. The van der Waals surface area contributed by atoms with E-state index >= 15 is 0 Å². The number of carbonyl (C=O) groups excluding carboxylic acids is 2. The number of amides is 1. The molecule has 0 aromatic rings. The van der Waals surface area contributed by atoms with Gasteiger partial charge in [0.2, 0.25) is 5.91 Å². The van der Waals surface area contributed by atoms with Crippen molar-refractivity contribution in [1.82, 2.24) is 13.5 Å². The summed E-state index contributed by atoms with van der Waals surface area (Å²) < 4.78 is 31.5. The number of rotatable bonds is 9. The van der Waals surface area contributed by atoms with Gasteiger partial charge in [0.05, 0.1) is 20.1 Å². The van der Waals surface area contributed by atoms with E-state index in [2.05, 4.69) is 4.74 Å². The SMILES string of the molecule is CCCN(CC(=O)N(C)C)S(=O)(=O)N(C)CCC(=O)OC. The fraction of sp³-hybridized carbons (Fsp3) is 0.833. The zero-order chi connectivity index (χ0) is 16.6. The number of hydrogen-bond acceptors (Lipinski definition) is 5. The molecular weight excluding hydrogens is 298 g/mol. The van der Waals surface area contributed by atoms with Crippen molar-refractivity contribution in [2.24, 2.45) is 0 Å². The molecule has 0 aromatic heterocycles. The third-order valence-electron chi connectivity index (χ3n) is 2.86. The van der Waals surface area contributed by atoms with Crippen LogP contribution in [0.5, 0.6) is 0 Å². The number of likely N-dealkylation sites (N-methyl/N-ethyl adjacent to an activating group) is 1. The van der Waals surface area contributed by atoms with Gasteiger partial charge in [0.25, 0.3) is 10.2 Å². The van der Waals surface area contributed by atoms with E-state index in [4.69, 9.17) is 0 Å². The number of carbonyl (C=O) groups is 2. The summed E-state index contributed by atoms with van der Waals surface area (Å²) in [6.45, 7) is 1.86. The number of methoxy groups -OCH3 is 1. The van der Waals surface area contributed by atoms with Gasteiger partial charge in [-0.15, -0.1) is 0 Å². The van der Waals surface area contributed by atoms with Gasteiger partial charge in [0.1, 0.15) is 0 Å². The van der Waals surface area contributed by atoms with E-state index in [-0.39, 0.29) is 32.0 Å². The Morgan fingerprint density at radius 2 is 1.67 bits per heavy atom. The van der Waals surface area contributed by atoms with E-state index in [9.17, 15) is 18.0 Å². The standard InChI is InChI=1S/C12H25N3O5S/c1-6-8-15(10-11(16)13(2)3)21(18,19)14(4)9-7-12(17)20-5/h6-10H2,1-5H3. The minimum atomic E-state index is -3.78. The van der Waals surface area contributed by atoms with Crippen molar-refractivity contribution in [2.75, 3.05) is 47.9 Å². The van der Waals surface area contributed by atoms with Gasteiger partial charge in [-0.05, 0) is 6.42 Å². The highest BCUT2D eigenvalue weighted by Gasteiger charge is 2.28. The van der Waals surface area contributed by atoms with Crippen LogP contribution in [0.3, 0.4) is 0 Å². The average Bonchev–Trinajstić information content (AvgIpc) is 2.43. The summed E-state index contributed by atoms with van der Waals surface area (Å²) in [4.78, 5) is 24.2. The molecule has 0 heterocycles.